The van der Waals surface area contributed by atoms with E-state index in [1.54, 1.807) is 0 Å². The van der Waals surface area contributed by atoms with Crippen molar-refractivity contribution >= 4 is 10.0 Å². The number of nitrogens with zero attached hydrogens (tertiary/aromatic N) is 1. The van der Waals surface area contributed by atoms with Gasteiger partial charge in [0.2, 0.25) is 10.0 Å². The third-order valence-electron chi connectivity index (χ3n) is 3.70. The molecule has 0 radical (unpaired) electrons. The van der Waals surface area contributed by atoms with Crippen LogP contribution in [0.2, 0.25) is 0 Å². The Balaban J connectivity index is 3.34. The molecule has 4 nitrogen and oxygen atoms in total. The molecule has 1 aromatic carbocycles. The van der Waals surface area contributed by atoms with Crippen molar-refractivity contribution in [3.63, 3.8) is 0 Å². The van der Waals surface area contributed by atoms with Crippen LogP contribution in [0.3, 0.4) is 0 Å². The van der Waals surface area contributed by atoms with Crippen molar-refractivity contribution in [3.05, 3.63) is 29.6 Å². The van der Waals surface area contributed by atoms with Crippen molar-refractivity contribution in [2.45, 2.75) is 45.2 Å². The maximum Gasteiger partial charge on any atom is 0.243 e. The van der Waals surface area contributed by atoms with Gasteiger partial charge in [-0.25, -0.2) is 12.8 Å². The van der Waals surface area contributed by atoms with Crippen LogP contribution >= 0.6 is 0 Å². The summed E-state index contributed by atoms with van der Waals surface area (Å²) in [4.78, 5) is -0.0569. The Hall–Kier alpha value is -0.980. The van der Waals surface area contributed by atoms with Gasteiger partial charge in [-0.3, -0.25) is 0 Å². The first kappa shape index (κ1) is 17.1. The van der Waals surface area contributed by atoms with Crippen molar-refractivity contribution in [3.8, 4) is 0 Å². The number of benzene rings is 1. The summed E-state index contributed by atoms with van der Waals surface area (Å²) in [6, 6.07) is 3.43. The zero-order valence-corrected chi connectivity index (χ0v) is 13.5. The Kier molecular flexibility index (Phi) is 4.94. The third-order valence-corrected chi connectivity index (χ3v) is 5.72. The molecule has 0 heterocycles. The molecule has 1 rings (SSSR count). The van der Waals surface area contributed by atoms with Gasteiger partial charge >= 0.3 is 0 Å². The van der Waals surface area contributed by atoms with Crippen LogP contribution in [0.1, 0.15) is 33.3 Å². The van der Waals surface area contributed by atoms with Crippen molar-refractivity contribution in [1.29, 1.82) is 0 Å². The van der Waals surface area contributed by atoms with Crippen LogP contribution in [0.5, 0.6) is 0 Å². The molecule has 0 aliphatic heterocycles. The van der Waals surface area contributed by atoms with E-state index in [-0.39, 0.29) is 22.9 Å². The molecule has 0 bridgehead atoms. The summed E-state index contributed by atoms with van der Waals surface area (Å²) in [6.45, 7) is 7.75. The molecule has 0 amide bonds. The number of hydrogen-bond donors (Lipinski definition) is 1. The van der Waals surface area contributed by atoms with E-state index >= 15 is 0 Å². The lowest BCUT2D eigenvalue weighted by atomic mass is 9.88. The maximum atomic E-state index is 13.4. The van der Waals surface area contributed by atoms with Gasteiger partial charge in [0.25, 0.3) is 0 Å². The molecule has 1 aromatic rings. The number of hydrogen-bond acceptors (Lipinski definition) is 3. The third kappa shape index (κ3) is 3.37. The van der Waals surface area contributed by atoms with Crippen LogP contribution < -0.4 is 5.73 Å². The first-order chi connectivity index (χ1) is 9.01. The molecule has 2 N–H and O–H groups in total. The van der Waals surface area contributed by atoms with Crippen LogP contribution in [0.25, 0.3) is 0 Å². The second-order valence-corrected chi connectivity index (χ2v) is 7.99. The highest BCUT2D eigenvalue weighted by Gasteiger charge is 2.33. The quantitative estimate of drug-likeness (QED) is 0.928. The minimum atomic E-state index is -3.77. The molecule has 0 saturated carbocycles. The molecule has 0 aliphatic rings. The number of nitrogens with two attached hydrogens (primary N) is 1. The predicted octanol–water partition coefficient (Wildman–Crippen LogP) is 2.34. The van der Waals surface area contributed by atoms with Gasteiger partial charge < -0.3 is 5.73 Å². The maximum absolute atomic E-state index is 13.4. The van der Waals surface area contributed by atoms with E-state index in [4.69, 9.17) is 5.73 Å². The molecular weight excluding hydrogens is 279 g/mol. The van der Waals surface area contributed by atoms with E-state index in [1.807, 2.05) is 27.7 Å². The highest BCUT2D eigenvalue weighted by Crippen LogP contribution is 2.29. The average Bonchev–Trinajstić information content (AvgIpc) is 2.35. The van der Waals surface area contributed by atoms with Gasteiger partial charge in [-0.15, -0.1) is 0 Å². The van der Waals surface area contributed by atoms with Gasteiger partial charge in [0.05, 0.1) is 4.90 Å². The summed E-state index contributed by atoms with van der Waals surface area (Å²) < 4.78 is 40.0. The van der Waals surface area contributed by atoms with Gasteiger partial charge in [-0.05, 0) is 30.0 Å². The van der Waals surface area contributed by atoms with Crippen LogP contribution in [0.4, 0.5) is 4.39 Å². The SMILES string of the molecule is CC(N(C)S(=O)(=O)c1cc(F)ccc1CN)C(C)(C)C. The number of sulfonamides is 1. The fraction of sp³-hybridized carbons (Fsp3) is 0.571. The van der Waals surface area contributed by atoms with Gasteiger partial charge in [0.1, 0.15) is 5.82 Å². The molecular formula is C14H23FN2O2S. The summed E-state index contributed by atoms with van der Waals surface area (Å²) >= 11 is 0. The van der Waals surface area contributed by atoms with Crippen LogP contribution in [-0.2, 0) is 16.6 Å². The van der Waals surface area contributed by atoms with Gasteiger partial charge in [0, 0.05) is 19.6 Å². The van der Waals surface area contributed by atoms with Gasteiger partial charge in [-0.1, -0.05) is 26.8 Å². The summed E-state index contributed by atoms with van der Waals surface area (Å²) in [7, 11) is -2.26. The fourth-order valence-corrected chi connectivity index (χ4v) is 3.63. The summed E-state index contributed by atoms with van der Waals surface area (Å²) in [5.41, 5.74) is 5.75. The summed E-state index contributed by atoms with van der Waals surface area (Å²) in [6.07, 6.45) is 0. The molecule has 6 heteroatoms. The zero-order chi connectivity index (χ0) is 15.7. The van der Waals surface area contributed by atoms with E-state index in [2.05, 4.69) is 0 Å². The lowest BCUT2D eigenvalue weighted by Gasteiger charge is -2.34. The molecule has 0 aliphatic carbocycles. The van der Waals surface area contributed by atoms with E-state index in [0.29, 0.717) is 5.56 Å². The average molecular weight is 302 g/mol. The standard InChI is InChI=1S/C14H23FN2O2S/c1-10(14(2,3)4)17(5)20(18,19)13-8-12(15)7-6-11(13)9-16/h6-8,10H,9,16H2,1-5H3. The Morgan fingerprint density at radius 3 is 2.35 bits per heavy atom. The topological polar surface area (TPSA) is 63.4 Å². The smallest absolute Gasteiger partial charge is 0.243 e. The normalized spacial score (nSPS) is 14.6. The van der Waals surface area contributed by atoms with Crippen molar-refractivity contribution in [2.75, 3.05) is 7.05 Å². The summed E-state index contributed by atoms with van der Waals surface area (Å²) in [5.74, 6) is -0.586. The van der Waals surface area contributed by atoms with Crippen LogP contribution in [0, 0.1) is 11.2 Å². The molecule has 0 fully saturated rings. The first-order valence-electron chi connectivity index (χ1n) is 6.48. The Morgan fingerprint density at radius 1 is 1.35 bits per heavy atom. The number of rotatable bonds is 4. The van der Waals surface area contributed by atoms with E-state index in [1.165, 1.54) is 23.5 Å². The lowest BCUT2D eigenvalue weighted by Crippen LogP contribution is -2.43. The Morgan fingerprint density at radius 2 is 1.90 bits per heavy atom. The number of halogens is 1. The van der Waals surface area contributed by atoms with Crippen molar-refractivity contribution in [2.24, 2.45) is 11.1 Å². The van der Waals surface area contributed by atoms with Crippen molar-refractivity contribution < 1.29 is 12.8 Å². The minimum absolute atomic E-state index is 0.0482. The van der Waals surface area contributed by atoms with E-state index in [0.717, 1.165) is 6.07 Å². The summed E-state index contributed by atoms with van der Waals surface area (Å²) in [5, 5.41) is 0. The molecule has 114 valence electrons. The Bertz CT molecular complexity index is 579. The van der Waals surface area contributed by atoms with Crippen LogP contribution in [0.15, 0.2) is 23.1 Å². The highest BCUT2D eigenvalue weighted by molar-refractivity contribution is 7.89. The van der Waals surface area contributed by atoms with Gasteiger partial charge in [-0.2, -0.15) is 4.31 Å². The second-order valence-electron chi connectivity index (χ2n) is 6.02. The molecule has 1 atom stereocenters. The van der Waals surface area contributed by atoms with Crippen molar-refractivity contribution in [1.82, 2.24) is 4.31 Å². The van der Waals surface area contributed by atoms with E-state index < -0.39 is 15.8 Å². The molecule has 0 saturated heterocycles. The molecule has 1 unspecified atom stereocenters. The minimum Gasteiger partial charge on any atom is -0.326 e. The zero-order valence-electron chi connectivity index (χ0n) is 12.6. The first-order valence-corrected chi connectivity index (χ1v) is 7.92. The predicted molar refractivity (Wildman–Crippen MR) is 78.2 cm³/mol. The Labute approximate surface area is 120 Å². The lowest BCUT2D eigenvalue weighted by molar-refractivity contribution is 0.216. The monoisotopic (exact) mass is 302 g/mol. The molecule has 0 spiro atoms. The highest BCUT2D eigenvalue weighted by atomic mass is 32.2. The van der Waals surface area contributed by atoms with Crippen LogP contribution in [-0.4, -0.2) is 25.8 Å². The van der Waals surface area contributed by atoms with Gasteiger partial charge in [0.15, 0.2) is 0 Å². The second kappa shape index (κ2) is 5.79. The molecule has 20 heavy (non-hydrogen) atoms. The molecule has 0 aromatic heterocycles. The fourth-order valence-electron chi connectivity index (χ4n) is 1.85. The largest absolute Gasteiger partial charge is 0.326 e. The van der Waals surface area contributed by atoms with E-state index in [9.17, 15) is 12.8 Å².